The Morgan fingerprint density at radius 1 is 1.43 bits per heavy atom. The third kappa shape index (κ3) is 1.56. The molecule has 0 aliphatic heterocycles. The Morgan fingerprint density at radius 2 is 2.21 bits per heavy atom. The van der Waals surface area contributed by atoms with Gasteiger partial charge in [0, 0.05) is 14.9 Å². The molecule has 3 heteroatoms. The third-order valence-corrected chi connectivity index (χ3v) is 3.75. The largest absolute Gasteiger partial charge is 0.192 e. The van der Waals surface area contributed by atoms with Crippen LogP contribution in [-0.2, 0) is 5.33 Å². The summed E-state index contributed by atoms with van der Waals surface area (Å²) in [6.07, 6.45) is 0. The van der Waals surface area contributed by atoms with Gasteiger partial charge < -0.3 is 0 Å². The number of benzene rings is 1. The highest BCUT2D eigenvalue weighted by Crippen LogP contribution is 2.28. The summed E-state index contributed by atoms with van der Waals surface area (Å²) >= 11 is 5.13. The molecule has 0 radical (unpaired) electrons. The molecule has 1 aromatic carbocycles. The topological polar surface area (TPSA) is 23.8 Å². The SMILES string of the molecule is Cc1cc2cc(CBr)c(C#N)cc2s1. The predicted octanol–water partition coefficient (Wildman–Crippen LogP) is 3.98. The fourth-order valence-electron chi connectivity index (χ4n) is 1.48. The number of aryl methyl sites for hydroxylation is 1. The van der Waals surface area contributed by atoms with Gasteiger partial charge in [0.15, 0.2) is 0 Å². The maximum absolute atomic E-state index is 8.95. The molecule has 0 unspecified atom stereocenters. The maximum atomic E-state index is 8.95. The summed E-state index contributed by atoms with van der Waals surface area (Å²) in [5.41, 5.74) is 1.84. The molecule has 0 bridgehead atoms. The minimum absolute atomic E-state index is 0.737. The number of fused-ring (bicyclic) bond motifs is 1. The van der Waals surface area contributed by atoms with Crippen molar-refractivity contribution in [2.75, 3.05) is 0 Å². The molecule has 0 fully saturated rings. The van der Waals surface area contributed by atoms with Crippen molar-refractivity contribution in [3.63, 3.8) is 0 Å². The number of thiophene rings is 1. The molecule has 0 spiro atoms. The van der Waals surface area contributed by atoms with E-state index < -0.39 is 0 Å². The number of nitriles is 1. The van der Waals surface area contributed by atoms with E-state index >= 15 is 0 Å². The van der Waals surface area contributed by atoms with Gasteiger partial charge in [0.25, 0.3) is 0 Å². The maximum Gasteiger partial charge on any atom is 0.0995 e. The van der Waals surface area contributed by atoms with E-state index in [-0.39, 0.29) is 0 Å². The molecule has 1 nitrogen and oxygen atoms in total. The van der Waals surface area contributed by atoms with Gasteiger partial charge in [-0.05, 0) is 36.1 Å². The van der Waals surface area contributed by atoms with Crippen LogP contribution < -0.4 is 0 Å². The van der Waals surface area contributed by atoms with Crippen molar-refractivity contribution in [1.82, 2.24) is 0 Å². The van der Waals surface area contributed by atoms with Crippen molar-refractivity contribution < 1.29 is 0 Å². The highest BCUT2D eigenvalue weighted by molar-refractivity contribution is 9.08. The quantitative estimate of drug-likeness (QED) is 0.716. The summed E-state index contributed by atoms with van der Waals surface area (Å²) in [6.45, 7) is 2.09. The molecular weight excluding hydrogens is 258 g/mol. The zero-order valence-electron chi connectivity index (χ0n) is 7.67. The van der Waals surface area contributed by atoms with Gasteiger partial charge in [0.1, 0.15) is 0 Å². The molecular formula is C11H8BrNS. The summed E-state index contributed by atoms with van der Waals surface area (Å²) in [7, 11) is 0. The molecule has 0 aliphatic carbocycles. The molecule has 0 saturated heterocycles. The fraction of sp³-hybridized carbons (Fsp3) is 0.182. The molecule has 0 amide bonds. The average molecular weight is 266 g/mol. The molecule has 0 aliphatic rings. The van der Waals surface area contributed by atoms with Crippen molar-refractivity contribution in [2.45, 2.75) is 12.3 Å². The van der Waals surface area contributed by atoms with Crippen LogP contribution >= 0.6 is 27.3 Å². The van der Waals surface area contributed by atoms with Gasteiger partial charge in [-0.25, -0.2) is 0 Å². The number of hydrogen-bond donors (Lipinski definition) is 0. The van der Waals surface area contributed by atoms with Crippen LogP contribution in [0.4, 0.5) is 0 Å². The lowest BCUT2D eigenvalue weighted by molar-refractivity contribution is 1.40. The Labute approximate surface area is 95.1 Å². The van der Waals surface area contributed by atoms with Crippen LogP contribution in [0.5, 0.6) is 0 Å². The van der Waals surface area contributed by atoms with Gasteiger partial charge in [-0.1, -0.05) is 15.9 Å². The lowest BCUT2D eigenvalue weighted by atomic mass is 10.1. The number of hydrogen-bond acceptors (Lipinski definition) is 2. The van der Waals surface area contributed by atoms with Crippen LogP contribution in [0.1, 0.15) is 16.0 Å². The average Bonchev–Trinajstić information content (AvgIpc) is 2.54. The monoisotopic (exact) mass is 265 g/mol. The van der Waals surface area contributed by atoms with E-state index in [9.17, 15) is 0 Å². The van der Waals surface area contributed by atoms with Gasteiger partial charge in [-0.3, -0.25) is 0 Å². The Balaban J connectivity index is 2.76. The minimum atomic E-state index is 0.737. The van der Waals surface area contributed by atoms with E-state index in [1.807, 2.05) is 6.07 Å². The van der Waals surface area contributed by atoms with Crippen LogP contribution in [-0.4, -0.2) is 0 Å². The second-order valence-electron chi connectivity index (χ2n) is 3.15. The van der Waals surface area contributed by atoms with Gasteiger partial charge in [-0.15, -0.1) is 11.3 Å². The normalized spacial score (nSPS) is 10.4. The van der Waals surface area contributed by atoms with E-state index in [0.717, 1.165) is 16.5 Å². The van der Waals surface area contributed by atoms with Crippen molar-refractivity contribution in [2.24, 2.45) is 0 Å². The summed E-state index contributed by atoms with van der Waals surface area (Å²) in [5.74, 6) is 0. The molecule has 0 saturated carbocycles. The van der Waals surface area contributed by atoms with Crippen molar-refractivity contribution >= 4 is 37.4 Å². The summed E-state index contributed by atoms with van der Waals surface area (Å²) in [6, 6.07) is 8.45. The molecule has 1 aromatic heterocycles. The molecule has 1 heterocycles. The van der Waals surface area contributed by atoms with E-state index in [1.165, 1.54) is 15.0 Å². The first-order chi connectivity index (χ1) is 6.74. The van der Waals surface area contributed by atoms with E-state index in [0.29, 0.717) is 0 Å². The van der Waals surface area contributed by atoms with E-state index in [2.05, 4.69) is 41.1 Å². The first-order valence-electron chi connectivity index (χ1n) is 4.23. The van der Waals surface area contributed by atoms with Crippen molar-refractivity contribution in [3.05, 3.63) is 34.2 Å². The van der Waals surface area contributed by atoms with Crippen LogP contribution in [0.2, 0.25) is 0 Å². The Bertz CT molecular complexity index is 522. The zero-order chi connectivity index (χ0) is 10.1. The third-order valence-electron chi connectivity index (χ3n) is 2.13. The minimum Gasteiger partial charge on any atom is -0.192 e. The van der Waals surface area contributed by atoms with Crippen LogP contribution in [0.3, 0.4) is 0 Å². The second kappa shape index (κ2) is 3.72. The number of halogens is 1. The molecule has 14 heavy (non-hydrogen) atoms. The van der Waals surface area contributed by atoms with E-state index in [1.54, 1.807) is 11.3 Å². The summed E-state index contributed by atoms with van der Waals surface area (Å²) in [4.78, 5) is 1.29. The standard InChI is InChI=1S/C11H8BrNS/c1-7-2-8-3-9(5-12)10(6-13)4-11(8)14-7/h2-4H,5H2,1H3. The smallest absolute Gasteiger partial charge is 0.0995 e. The molecule has 70 valence electrons. The van der Waals surface area contributed by atoms with E-state index in [4.69, 9.17) is 5.26 Å². The number of nitrogens with zero attached hydrogens (tertiary/aromatic N) is 1. The Kier molecular flexibility index (Phi) is 2.58. The summed E-state index contributed by atoms with van der Waals surface area (Å²) < 4.78 is 1.20. The lowest BCUT2D eigenvalue weighted by Gasteiger charge is -1.98. The van der Waals surface area contributed by atoms with Crippen LogP contribution in [0, 0.1) is 18.3 Å². The Hall–Kier alpha value is -0.850. The first-order valence-corrected chi connectivity index (χ1v) is 6.17. The molecule has 0 atom stereocenters. The lowest BCUT2D eigenvalue weighted by Crippen LogP contribution is -1.84. The van der Waals surface area contributed by atoms with Gasteiger partial charge in [-0.2, -0.15) is 5.26 Å². The highest BCUT2D eigenvalue weighted by atomic mass is 79.9. The zero-order valence-corrected chi connectivity index (χ0v) is 10.1. The molecule has 2 rings (SSSR count). The molecule has 0 N–H and O–H groups in total. The predicted molar refractivity (Wildman–Crippen MR) is 63.9 cm³/mol. The van der Waals surface area contributed by atoms with Crippen molar-refractivity contribution in [3.8, 4) is 6.07 Å². The summed E-state index contributed by atoms with van der Waals surface area (Å²) in [5, 5.41) is 10.9. The number of rotatable bonds is 1. The Morgan fingerprint density at radius 3 is 2.86 bits per heavy atom. The van der Waals surface area contributed by atoms with Gasteiger partial charge >= 0.3 is 0 Å². The highest BCUT2D eigenvalue weighted by Gasteiger charge is 2.05. The van der Waals surface area contributed by atoms with Gasteiger partial charge in [0.05, 0.1) is 11.6 Å². The van der Waals surface area contributed by atoms with Gasteiger partial charge in [0.2, 0.25) is 0 Å². The van der Waals surface area contributed by atoms with Crippen molar-refractivity contribution in [1.29, 1.82) is 5.26 Å². The number of alkyl halides is 1. The molecule has 2 aromatic rings. The second-order valence-corrected chi connectivity index (χ2v) is 5.00. The fourth-order valence-corrected chi connectivity index (χ4v) is 2.89. The van der Waals surface area contributed by atoms with Crippen LogP contribution in [0.15, 0.2) is 18.2 Å². The first kappa shape index (κ1) is 9.70. The van der Waals surface area contributed by atoms with Crippen LogP contribution in [0.25, 0.3) is 10.1 Å².